The fourth-order valence-electron chi connectivity index (χ4n) is 1.54. The molecule has 0 saturated carbocycles. The second kappa shape index (κ2) is 7.06. The highest BCUT2D eigenvalue weighted by Crippen LogP contribution is 2.19. The van der Waals surface area contributed by atoms with Gasteiger partial charge >= 0.3 is 5.97 Å². The monoisotopic (exact) mass is 267 g/mol. The topological polar surface area (TPSA) is 55.4 Å². The summed E-state index contributed by atoms with van der Waals surface area (Å²) in [6.45, 7) is 1.82. The van der Waals surface area contributed by atoms with Gasteiger partial charge in [0.05, 0.1) is 12.7 Å². The summed E-state index contributed by atoms with van der Waals surface area (Å²) in [7, 11) is 1.31. The van der Waals surface area contributed by atoms with Gasteiger partial charge in [0.25, 0.3) is 5.91 Å². The van der Waals surface area contributed by atoms with Crippen LogP contribution in [0.1, 0.15) is 23.7 Å². The Labute approximate surface area is 111 Å². The fraction of sp³-hybridized carbons (Fsp3) is 0.385. The van der Waals surface area contributed by atoms with Gasteiger partial charge in [-0.05, 0) is 24.8 Å². The molecule has 1 amide bonds. The highest BCUT2D eigenvalue weighted by Gasteiger charge is 2.21. The highest BCUT2D eigenvalue weighted by atomic mass is 32.2. The summed E-state index contributed by atoms with van der Waals surface area (Å²) in [5, 5.41) is 2.68. The Morgan fingerprint density at radius 1 is 1.39 bits per heavy atom. The maximum atomic E-state index is 12.1. The first-order valence-corrected chi connectivity index (χ1v) is 6.88. The molecule has 1 aromatic carbocycles. The van der Waals surface area contributed by atoms with Crippen LogP contribution in [-0.2, 0) is 9.53 Å². The minimum atomic E-state index is -0.600. The van der Waals surface area contributed by atoms with E-state index in [0.29, 0.717) is 12.0 Å². The number of esters is 1. The normalized spacial score (nSPS) is 11.7. The summed E-state index contributed by atoms with van der Waals surface area (Å²) in [4.78, 5) is 24.4. The molecule has 4 nitrogen and oxygen atoms in total. The number of hydrogen-bond donors (Lipinski definition) is 1. The molecule has 0 aromatic heterocycles. The Balaban J connectivity index is 2.84. The van der Waals surface area contributed by atoms with E-state index in [4.69, 9.17) is 0 Å². The van der Waals surface area contributed by atoms with E-state index in [1.807, 2.05) is 25.3 Å². The molecule has 1 N–H and O–H groups in total. The van der Waals surface area contributed by atoms with Crippen LogP contribution in [0.5, 0.6) is 0 Å². The van der Waals surface area contributed by atoms with Gasteiger partial charge in [-0.25, -0.2) is 4.79 Å². The predicted molar refractivity (Wildman–Crippen MR) is 71.8 cm³/mol. The van der Waals surface area contributed by atoms with Crippen LogP contribution in [0.2, 0.25) is 0 Å². The van der Waals surface area contributed by atoms with Crippen molar-refractivity contribution in [3.05, 3.63) is 29.8 Å². The molecular formula is C13H17NO3S. The number of methoxy groups -OCH3 is 1. The molecule has 18 heavy (non-hydrogen) atoms. The SMILES string of the molecule is CCC(NC(=O)c1ccccc1SC)C(=O)OC. The highest BCUT2D eigenvalue weighted by molar-refractivity contribution is 7.98. The van der Waals surface area contributed by atoms with Crippen molar-refractivity contribution in [2.75, 3.05) is 13.4 Å². The molecule has 0 spiro atoms. The number of carbonyl (C=O) groups excluding carboxylic acids is 2. The zero-order chi connectivity index (χ0) is 13.5. The third kappa shape index (κ3) is 3.50. The lowest BCUT2D eigenvalue weighted by Gasteiger charge is -2.15. The van der Waals surface area contributed by atoms with Crippen molar-refractivity contribution in [2.45, 2.75) is 24.3 Å². The number of benzene rings is 1. The fourth-order valence-corrected chi connectivity index (χ4v) is 2.13. The molecule has 0 bridgehead atoms. The molecule has 1 aromatic rings. The molecule has 5 heteroatoms. The van der Waals surface area contributed by atoms with Crippen LogP contribution >= 0.6 is 11.8 Å². The van der Waals surface area contributed by atoms with E-state index in [2.05, 4.69) is 10.1 Å². The van der Waals surface area contributed by atoms with Crippen molar-refractivity contribution in [2.24, 2.45) is 0 Å². The Morgan fingerprint density at radius 3 is 2.61 bits per heavy atom. The molecule has 1 rings (SSSR count). The Bertz CT molecular complexity index is 434. The van der Waals surface area contributed by atoms with E-state index in [9.17, 15) is 9.59 Å². The molecule has 0 radical (unpaired) electrons. The van der Waals surface area contributed by atoms with Crippen molar-refractivity contribution in [1.82, 2.24) is 5.32 Å². The summed E-state index contributed by atoms with van der Waals surface area (Å²) in [5.74, 6) is -0.676. The quantitative estimate of drug-likeness (QED) is 0.655. The van der Waals surface area contributed by atoms with Crippen LogP contribution in [-0.4, -0.2) is 31.3 Å². The van der Waals surface area contributed by atoms with Gasteiger partial charge in [0.2, 0.25) is 0 Å². The third-order valence-electron chi connectivity index (χ3n) is 2.55. The zero-order valence-corrected chi connectivity index (χ0v) is 11.5. The number of thioether (sulfide) groups is 1. The predicted octanol–water partition coefficient (Wildman–Crippen LogP) is 2.09. The average Bonchev–Trinajstić information content (AvgIpc) is 2.43. The molecule has 0 aliphatic rings. The maximum Gasteiger partial charge on any atom is 0.328 e. The van der Waals surface area contributed by atoms with E-state index in [1.54, 1.807) is 12.1 Å². The molecule has 98 valence electrons. The van der Waals surface area contributed by atoms with Crippen molar-refractivity contribution in [3.63, 3.8) is 0 Å². The van der Waals surface area contributed by atoms with Gasteiger partial charge in [-0.1, -0.05) is 19.1 Å². The van der Waals surface area contributed by atoms with E-state index >= 15 is 0 Å². The molecule has 1 atom stereocenters. The minimum Gasteiger partial charge on any atom is -0.467 e. The number of ether oxygens (including phenoxy) is 1. The summed E-state index contributed by atoms with van der Waals surface area (Å²) in [5.41, 5.74) is 0.576. The lowest BCUT2D eigenvalue weighted by atomic mass is 10.1. The largest absolute Gasteiger partial charge is 0.467 e. The van der Waals surface area contributed by atoms with E-state index in [1.165, 1.54) is 18.9 Å². The van der Waals surface area contributed by atoms with Gasteiger partial charge in [-0.3, -0.25) is 4.79 Å². The Kier molecular flexibility index (Phi) is 5.71. The van der Waals surface area contributed by atoms with Gasteiger partial charge in [-0.15, -0.1) is 11.8 Å². The smallest absolute Gasteiger partial charge is 0.328 e. The first-order chi connectivity index (χ1) is 8.63. The van der Waals surface area contributed by atoms with E-state index < -0.39 is 12.0 Å². The van der Waals surface area contributed by atoms with Crippen LogP contribution in [0.25, 0.3) is 0 Å². The standard InChI is InChI=1S/C13H17NO3S/c1-4-10(13(16)17-2)14-12(15)9-7-5-6-8-11(9)18-3/h5-8,10H,4H2,1-3H3,(H,14,15). The summed E-state index contributed by atoms with van der Waals surface area (Å²) >= 11 is 1.50. The summed E-state index contributed by atoms with van der Waals surface area (Å²) < 4.78 is 4.64. The Morgan fingerprint density at radius 2 is 2.06 bits per heavy atom. The van der Waals surface area contributed by atoms with Crippen LogP contribution in [0.3, 0.4) is 0 Å². The average molecular weight is 267 g/mol. The lowest BCUT2D eigenvalue weighted by molar-refractivity contribution is -0.142. The first-order valence-electron chi connectivity index (χ1n) is 5.65. The molecule has 0 aliphatic carbocycles. The number of hydrogen-bond acceptors (Lipinski definition) is 4. The van der Waals surface area contributed by atoms with Crippen LogP contribution in [0.4, 0.5) is 0 Å². The van der Waals surface area contributed by atoms with Crippen LogP contribution < -0.4 is 5.32 Å². The van der Waals surface area contributed by atoms with Crippen molar-refractivity contribution >= 4 is 23.6 Å². The molecule has 0 aliphatic heterocycles. The van der Waals surface area contributed by atoms with E-state index in [0.717, 1.165) is 4.90 Å². The lowest BCUT2D eigenvalue weighted by Crippen LogP contribution is -2.41. The van der Waals surface area contributed by atoms with Gasteiger partial charge in [0, 0.05) is 4.90 Å². The molecule has 0 saturated heterocycles. The van der Waals surface area contributed by atoms with Gasteiger partial charge in [0.1, 0.15) is 6.04 Å². The van der Waals surface area contributed by atoms with Crippen LogP contribution in [0.15, 0.2) is 29.2 Å². The third-order valence-corrected chi connectivity index (χ3v) is 3.35. The van der Waals surface area contributed by atoms with E-state index in [-0.39, 0.29) is 5.91 Å². The summed E-state index contributed by atoms with van der Waals surface area (Å²) in [6, 6.07) is 6.69. The number of carbonyl (C=O) groups is 2. The van der Waals surface area contributed by atoms with Gasteiger partial charge < -0.3 is 10.1 Å². The van der Waals surface area contributed by atoms with Crippen molar-refractivity contribution in [3.8, 4) is 0 Å². The zero-order valence-electron chi connectivity index (χ0n) is 10.7. The molecule has 1 unspecified atom stereocenters. The summed E-state index contributed by atoms with van der Waals surface area (Å²) in [6.07, 6.45) is 2.41. The minimum absolute atomic E-state index is 0.253. The van der Waals surface area contributed by atoms with Crippen molar-refractivity contribution in [1.29, 1.82) is 0 Å². The van der Waals surface area contributed by atoms with Crippen LogP contribution in [0, 0.1) is 0 Å². The van der Waals surface area contributed by atoms with Gasteiger partial charge in [0.15, 0.2) is 0 Å². The number of nitrogens with one attached hydrogen (secondary N) is 1. The molecule has 0 heterocycles. The second-order valence-corrected chi connectivity index (χ2v) is 4.51. The second-order valence-electron chi connectivity index (χ2n) is 3.66. The number of rotatable bonds is 5. The first kappa shape index (κ1) is 14.6. The number of amides is 1. The van der Waals surface area contributed by atoms with Gasteiger partial charge in [-0.2, -0.15) is 0 Å². The van der Waals surface area contributed by atoms with Crippen molar-refractivity contribution < 1.29 is 14.3 Å². The molecule has 0 fully saturated rings. The Hall–Kier alpha value is -1.49. The molecular weight excluding hydrogens is 250 g/mol. The maximum absolute atomic E-state index is 12.1.